The fourth-order valence-corrected chi connectivity index (χ4v) is 1.08. The van der Waals surface area contributed by atoms with E-state index in [1.165, 1.54) is 13.2 Å². The van der Waals surface area contributed by atoms with Gasteiger partial charge in [-0.25, -0.2) is 4.85 Å². The van der Waals surface area contributed by atoms with Crippen molar-refractivity contribution >= 4 is 23.6 Å². The molecule has 0 amide bonds. The maximum absolute atomic E-state index is 11.1. The molecule has 15 heavy (non-hydrogen) atoms. The van der Waals surface area contributed by atoms with Crippen molar-refractivity contribution in [1.82, 2.24) is 0 Å². The summed E-state index contributed by atoms with van der Waals surface area (Å²) in [6.45, 7) is 6.82. The lowest BCUT2D eigenvalue weighted by Gasteiger charge is -1.97. The van der Waals surface area contributed by atoms with E-state index in [2.05, 4.69) is 9.58 Å². The highest BCUT2D eigenvalue weighted by atomic mass is 35.5. The normalized spacial score (nSPS) is 10.6. The van der Waals surface area contributed by atoms with Crippen molar-refractivity contribution in [1.29, 1.82) is 0 Å². The van der Waals surface area contributed by atoms with E-state index in [4.69, 9.17) is 18.2 Å². The number of methoxy groups -OCH3 is 1. The molecule has 0 heterocycles. The zero-order valence-electron chi connectivity index (χ0n) is 8.03. The van der Waals surface area contributed by atoms with E-state index in [1.807, 2.05) is 0 Å². The first kappa shape index (κ1) is 11.3. The fraction of sp³-hybridized carbons (Fsp3) is 0.0909. The van der Waals surface area contributed by atoms with Gasteiger partial charge >= 0.3 is 5.97 Å². The van der Waals surface area contributed by atoms with E-state index in [0.29, 0.717) is 5.02 Å². The largest absolute Gasteiger partial charge is 0.474 e. The summed E-state index contributed by atoms with van der Waals surface area (Å²) < 4.78 is 4.45. The van der Waals surface area contributed by atoms with Crippen molar-refractivity contribution in [2.75, 3.05) is 7.11 Å². The Morgan fingerprint density at radius 3 is 2.53 bits per heavy atom. The molecular weight excluding hydrogens is 214 g/mol. The minimum absolute atomic E-state index is 0.0557. The Kier molecular flexibility index (Phi) is 3.90. The number of nitrogens with zero attached hydrogens (tertiary/aromatic N) is 1. The second-order valence-corrected chi connectivity index (χ2v) is 3.12. The highest BCUT2D eigenvalue weighted by molar-refractivity contribution is 6.30. The maximum Gasteiger partial charge on any atom is 0.336 e. The second-order valence-electron chi connectivity index (χ2n) is 2.68. The number of rotatable bonds is 2. The van der Waals surface area contributed by atoms with E-state index in [1.54, 1.807) is 24.3 Å². The van der Waals surface area contributed by atoms with Crippen LogP contribution in [0.2, 0.25) is 5.02 Å². The number of benzene rings is 1. The predicted octanol–water partition coefficient (Wildman–Crippen LogP) is 2.77. The number of carbonyl (C=O) groups excluding carboxylic acids is 1. The Bertz CT molecular complexity index is 429. The van der Waals surface area contributed by atoms with Crippen LogP contribution in [0.1, 0.15) is 5.56 Å². The summed E-state index contributed by atoms with van der Waals surface area (Å²) in [5, 5.41) is 0.606. The van der Waals surface area contributed by atoms with Crippen molar-refractivity contribution in [2.24, 2.45) is 0 Å². The van der Waals surface area contributed by atoms with Gasteiger partial charge in [0.05, 0.1) is 13.7 Å². The second kappa shape index (κ2) is 5.18. The van der Waals surface area contributed by atoms with Crippen LogP contribution in [-0.2, 0) is 9.53 Å². The maximum atomic E-state index is 11.1. The monoisotopic (exact) mass is 221 g/mol. The number of hydrogen-bond acceptors (Lipinski definition) is 2. The lowest BCUT2D eigenvalue weighted by Crippen LogP contribution is -2.00. The van der Waals surface area contributed by atoms with Gasteiger partial charge in [0.15, 0.2) is 0 Å². The highest BCUT2D eigenvalue weighted by Crippen LogP contribution is 2.13. The number of hydrogen-bond donors (Lipinski definition) is 0. The van der Waals surface area contributed by atoms with Crippen molar-refractivity contribution < 1.29 is 9.53 Å². The summed E-state index contributed by atoms with van der Waals surface area (Å²) in [7, 11) is 1.24. The van der Waals surface area contributed by atoms with Crippen LogP contribution in [0.15, 0.2) is 30.0 Å². The number of carbonyl (C=O) groups is 1. The zero-order valence-corrected chi connectivity index (χ0v) is 8.78. The SMILES string of the molecule is [C-]#[N+]/C(=C\c1ccc(Cl)cc1)C(=O)OC. The molecule has 4 heteroatoms. The summed E-state index contributed by atoms with van der Waals surface area (Å²) in [5.74, 6) is -0.639. The summed E-state index contributed by atoms with van der Waals surface area (Å²) in [6.07, 6.45) is 1.45. The minimum atomic E-state index is -0.639. The predicted molar refractivity (Wildman–Crippen MR) is 58.0 cm³/mol. The van der Waals surface area contributed by atoms with Crippen molar-refractivity contribution in [3.05, 3.63) is 52.0 Å². The van der Waals surface area contributed by atoms with Gasteiger partial charge in [-0.3, -0.25) is 4.79 Å². The molecule has 1 aromatic rings. The molecule has 0 N–H and O–H groups in total. The number of halogens is 1. The van der Waals surface area contributed by atoms with Crippen molar-refractivity contribution in [3.8, 4) is 0 Å². The summed E-state index contributed by atoms with van der Waals surface area (Å²) in [4.78, 5) is 14.2. The van der Waals surface area contributed by atoms with Crippen LogP contribution in [0.3, 0.4) is 0 Å². The van der Waals surface area contributed by atoms with Gasteiger partial charge in [-0.1, -0.05) is 23.7 Å². The zero-order chi connectivity index (χ0) is 11.3. The average Bonchev–Trinajstić information content (AvgIpc) is 2.27. The molecule has 3 nitrogen and oxygen atoms in total. The molecule has 0 fully saturated rings. The highest BCUT2D eigenvalue weighted by Gasteiger charge is 2.08. The first-order chi connectivity index (χ1) is 7.17. The number of ether oxygens (including phenoxy) is 1. The molecule has 0 aliphatic heterocycles. The quantitative estimate of drug-likeness (QED) is 0.437. The Labute approximate surface area is 92.7 Å². The molecule has 0 saturated heterocycles. The lowest BCUT2D eigenvalue weighted by atomic mass is 10.2. The van der Waals surface area contributed by atoms with Gasteiger partial charge in [-0.15, -0.1) is 0 Å². The molecule has 0 bridgehead atoms. The molecule has 0 spiro atoms. The van der Waals surface area contributed by atoms with Crippen LogP contribution in [0, 0.1) is 6.57 Å². The van der Waals surface area contributed by atoms with Gasteiger partial charge in [0.2, 0.25) is 0 Å². The summed E-state index contributed by atoms with van der Waals surface area (Å²) in [5.41, 5.74) is 0.677. The first-order valence-corrected chi connectivity index (χ1v) is 4.48. The van der Waals surface area contributed by atoms with Crippen LogP contribution >= 0.6 is 11.6 Å². The third kappa shape index (κ3) is 3.12. The van der Waals surface area contributed by atoms with Crippen LogP contribution in [0.25, 0.3) is 10.9 Å². The van der Waals surface area contributed by atoms with Crippen molar-refractivity contribution in [2.45, 2.75) is 0 Å². The van der Waals surface area contributed by atoms with Crippen molar-refractivity contribution in [3.63, 3.8) is 0 Å². The van der Waals surface area contributed by atoms with Gasteiger partial charge in [0.1, 0.15) is 0 Å². The van der Waals surface area contributed by atoms with Crippen LogP contribution in [0.4, 0.5) is 0 Å². The van der Waals surface area contributed by atoms with E-state index < -0.39 is 5.97 Å². The Morgan fingerprint density at radius 2 is 2.07 bits per heavy atom. The fourth-order valence-electron chi connectivity index (χ4n) is 0.958. The molecule has 0 saturated carbocycles. The third-order valence-corrected chi connectivity index (χ3v) is 1.94. The molecule has 1 rings (SSSR count). The molecule has 76 valence electrons. The summed E-state index contributed by atoms with van der Waals surface area (Å²) >= 11 is 5.70. The smallest absolute Gasteiger partial charge is 0.336 e. The molecule has 0 aromatic heterocycles. The average molecular weight is 222 g/mol. The van der Waals surface area contributed by atoms with Gasteiger partial charge in [0, 0.05) is 5.02 Å². The first-order valence-electron chi connectivity index (χ1n) is 4.10. The molecule has 0 radical (unpaired) electrons. The minimum Gasteiger partial charge on any atom is -0.474 e. The molecule has 0 atom stereocenters. The van der Waals surface area contributed by atoms with E-state index >= 15 is 0 Å². The Hall–Kier alpha value is -1.79. The van der Waals surface area contributed by atoms with E-state index in [9.17, 15) is 4.79 Å². The Balaban J connectivity index is 3.00. The number of esters is 1. The van der Waals surface area contributed by atoms with Gasteiger partial charge in [-0.2, -0.15) is 0 Å². The molecule has 0 aliphatic carbocycles. The van der Waals surface area contributed by atoms with Crippen LogP contribution < -0.4 is 0 Å². The molecule has 0 aliphatic rings. The Morgan fingerprint density at radius 1 is 1.47 bits per heavy atom. The van der Waals surface area contributed by atoms with Gasteiger partial charge in [-0.05, 0) is 23.8 Å². The van der Waals surface area contributed by atoms with Gasteiger partial charge < -0.3 is 4.74 Å². The molecule has 0 unspecified atom stereocenters. The topological polar surface area (TPSA) is 30.7 Å². The van der Waals surface area contributed by atoms with Gasteiger partial charge in [0.25, 0.3) is 5.70 Å². The lowest BCUT2D eigenvalue weighted by molar-refractivity contribution is -0.135. The van der Waals surface area contributed by atoms with E-state index in [-0.39, 0.29) is 5.70 Å². The summed E-state index contributed by atoms with van der Waals surface area (Å²) in [6, 6.07) is 6.81. The molecule has 1 aromatic carbocycles. The third-order valence-electron chi connectivity index (χ3n) is 1.69. The van der Waals surface area contributed by atoms with Crippen LogP contribution in [0.5, 0.6) is 0 Å². The molecular formula is C11H8ClNO2. The standard InChI is InChI=1S/C11H8ClNO2/c1-13-10(11(14)15-2)7-8-3-5-9(12)6-4-8/h3-7H,2H3/b10-7-. The van der Waals surface area contributed by atoms with E-state index in [0.717, 1.165) is 5.56 Å². The van der Waals surface area contributed by atoms with Crippen LogP contribution in [-0.4, -0.2) is 13.1 Å².